The molecule has 0 atom stereocenters. The molecule has 0 aliphatic carbocycles. The van der Waals surface area contributed by atoms with E-state index in [1.807, 2.05) is 47.9 Å². The van der Waals surface area contributed by atoms with Gasteiger partial charge in [0.25, 0.3) is 0 Å². The van der Waals surface area contributed by atoms with Crippen LogP contribution < -0.4 is 5.73 Å². The Kier molecular flexibility index (Phi) is 3.43. The fourth-order valence-electron chi connectivity index (χ4n) is 3.04. The van der Waals surface area contributed by atoms with E-state index >= 15 is 0 Å². The number of H-pyrrole nitrogens is 1. The maximum absolute atomic E-state index is 5.88. The number of aromatic nitrogens is 3. The topological polar surface area (TPSA) is 59.6 Å². The predicted octanol–water partition coefficient (Wildman–Crippen LogP) is 4.64. The highest BCUT2D eigenvalue weighted by Crippen LogP contribution is 2.29. The summed E-state index contributed by atoms with van der Waals surface area (Å²) in [6, 6.07) is 20.3. The molecule has 0 aliphatic rings. The maximum Gasteiger partial charge on any atom is 0.200 e. The smallest absolute Gasteiger partial charge is 0.200 e. The summed E-state index contributed by atoms with van der Waals surface area (Å²) in [6.07, 6.45) is 0. The number of rotatable bonds is 2. The number of nitrogens with one attached hydrogen (secondary N) is 1. The molecule has 0 aliphatic heterocycles. The molecule has 0 saturated carbocycles. The molecular formula is C19H16N4S. The molecule has 0 bridgehead atoms. The van der Waals surface area contributed by atoms with E-state index in [1.54, 1.807) is 0 Å². The average molecular weight is 332 g/mol. The lowest BCUT2D eigenvalue weighted by atomic mass is 10.1. The molecule has 0 radical (unpaired) electrons. The van der Waals surface area contributed by atoms with Crippen molar-refractivity contribution >= 4 is 28.7 Å². The van der Waals surface area contributed by atoms with E-state index in [-0.39, 0.29) is 0 Å². The average Bonchev–Trinajstić information content (AvgIpc) is 2.95. The van der Waals surface area contributed by atoms with Gasteiger partial charge < -0.3 is 5.73 Å². The minimum atomic E-state index is 0.567. The third-order valence-corrected chi connectivity index (χ3v) is 4.45. The highest BCUT2D eigenvalue weighted by Gasteiger charge is 2.14. The van der Waals surface area contributed by atoms with Crippen molar-refractivity contribution in [3.63, 3.8) is 0 Å². The maximum atomic E-state index is 5.88. The fourth-order valence-corrected chi connectivity index (χ4v) is 3.27. The Morgan fingerprint density at radius 2 is 1.83 bits per heavy atom. The molecule has 0 amide bonds. The summed E-state index contributed by atoms with van der Waals surface area (Å²) in [6.45, 7) is 2.02. The van der Waals surface area contributed by atoms with Gasteiger partial charge in [-0.25, -0.2) is 0 Å². The van der Waals surface area contributed by atoms with Gasteiger partial charge in [0.2, 0.25) is 0 Å². The Balaban J connectivity index is 2.03. The van der Waals surface area contributed by atoms with Crippen LogP contribution >= 0.6 is 12.2 Å². The first-order chi connectivity index (χ1) is 11.6. The first kappa shape index (κ1) is 14.7. The number of nitrogens with zero attached hydrogens (tertiary/aromatic N) is 2. The summed E-state index contributed by atoms with van der Waals surface area (Å²) in [5.74, 6) is 0.786. The Morgan fingerprint density at radius 3 is 2.67 bits per heavy atom. The van der Waals surface area contributed by atoms with E-state index in [1.165, 1.54) is 0 Å². The number of aryl methyl sites for hydroxylation is 1. The molecule has 5 heteroatoms. The molecule has 4 rings (SSSR count). The number of aromatic amines is 1. The van der Waals surface area contributed by atoms with Gasteiger partial charge in [-0.3, -0.25) is 9.67 Å². The van der Waals surface area contributed by atoms with Crippen molar-refractivity contribution in [2.45, 2.75) is 6.92 Å². The predicted molar refractivity (Wildman–Crippen MR) is 101 cm³/mol. The lowest BCUT2D eigenvalue weighted by Gasteiger charge is -2.12. The zero-order chi connectivity index (χ0) is 16.7. The van der Waals surface area contributed by atoms with Gasteiger partial charge in [0.1, 0.15) is 0 Å². The monoisotopic (exact) mass is 332 g/mol. The molecule has 4 aromatic rings. The summed E-state index contributed by atoms with van der Waals surface area (Å²) in [4.78, 5) is 0. The van der Waals surface area contributed by atoms with Crippen LogP contribution in [0, 0.1) is 11.7 Å². The summed E-state index contributed by atoms with van der Waals surface area (Å²) < 4.78 is 2.55. The summed E-state index contributed by atoms with van der Waals surface area (Å²) in [5, 5.41) is 9.69. The number of hydrogen-bond donors (Lipinski definition) is 2. The van der Waals surface area contributed by atoms with Crippen molar-refractivity contribution < 1.29 is 0 Å². The van der Waals surface area contributed by atoms with Crippen LogP contribution in [0.25, 0.3) is 27.8 Å². The van der Waals surface area contributed by atoms with Crippen LogP contribution in [0.4, 0.5) is 5.69 Å². The minimum absolute atomic E-state index is 0.567. The number of hydrogen-bond acceptors (Lipinski definition) is 3. The standard InChI is InChI=1S/C19H16N4S/c1-12-11-14(20)9-10-15(12)18-21-22-19(24)23(18)17-8-4-6-13-5-2-3-7-16(13)17/h2-11H,20H2,1H3,(H,22,24). The van der Waals surface area contributed by atoms with Gasteiger partial charge in [-0.05, 0) is 54.4 Å². The van der Waals surface area contributed by atoms with Gasteiger partial charge in [-0.1, -0.05) is 36.4 Å². The molecule has 0 unspecified atom stereocenters. The lowest BCUT2D eigenvalue weighted by Crippen LogP contribution is -2.00. The van der Waals surface area contributed by atoms with Crippen LogP contribution in [0.1, 0.15) is 5.56 Å². The van der Waals surface area contributed by atoms with Crippen LogP contribution in [0.5, 0.6) is 0 Å². The van der Waals surface area contributed by atoms with E-state index in [0.29, 0.717) is 4.77 Å². The Bertz CT molecular complexity index is 1100. The first-order valence-electron chi connectivity index (χ1n) is 7.67. The fraction of sp³-hybridized carbons (Fsp3) is 0.0526. The lowest BCUT2D eigenvalue weighted by molar-refractivity contribution is 1.04. The molecule has 3 aromatic carbocycles. The first-order valence-corrected chi connectivity index (χ1v) is 8.08. The van der Waals surface area contributed by atoms with Crippen molar-refractivity contribution in [3.05, 3.63) is 71.0 Å². The molecule has 1 aromatic heterocycles. The van der Waals surface area contributed by atoms with Crippen molar-refractivity contribution in [2.24, 2.45) is 0 Å². The van der Waals surface area contributed by atoms with Crippen molar-refractivity contribution in [1.82, 2.24) is 14.8 Å². The highest BCUT2D eigenvalue weighted by molar-refractivity contribution is 7.71. The number of nitrogen functional groups attached to an aromatic ring is 1. The van der Waals surface area contributed by atoms with Crippen molar-refractivity contribution in [2.75, 3.05) is 5.73 Å². The Hall–Kier alpha value is -2.92. The molecule has 4 nitrogen and oxygen atoms in total. The number of nitrogens with two attached hydrogens (primary N) is 1. The second-order valence-corrected chi connectivity index (χ2v) is 6.15. The summed E-state index contributed by atoms with van der Waals surface area (Å²) in [7, 11) is 0. The SMILES string of the molecule is Cc1cc(N)ccc1-c1n[nH]c(=S)n1-c1cccc2ccccc12. The van der Waals surface area contributed by atoms with Crippen molar-refractivity contribution in [1.29, 1.82) is 0 Å². The number of fused-ring (bicyclic) bond motifs is 1. The van der Waals surface area contributed by atoms with Gasteiger partial charge in [-0.15, -0.1) is 0 Å². The quantitative estimate of drug-likeness (QED) is 0.415. The number of benzene rings is 3. The largest absolute Gasteiger partial charge is 0.399 e. The summed E-state index contributed by atoms with van der Waals surface area (Å²) >= 11 is 5.51. The molecule has 3 N–H and O–H groups in total. The van der Waals surface area contributed by atoms with Gasteiger partial charge in [-0.2, -0.15) is 5.10 Å². The molecule has 0 saturated heterocycles. The van der Waals surface area contributed by atoms with Crippen LogP contribution in [0.3, 0.4) is 0 Å². The highest BCUT2D eigenvalue weighted by atomic mass is 32.1. The zero-order valence-electron chi connectivity index (χ0n) is 13.2. The van der Waals surface area contributed by atoms with E-state index in [0.717, 1.165) is 39.1 Å². The van der Waals surface area contributed by atoms with E-state index in [9.17, 15) is 0 Å². The van der Waals surface area contributed by atoms with Crippen LogP contribution in [0.15, 0.2) is 60.7 Å². The second kappa shape index (κ2) is 5.62. The second-order valence-electron chi connectivity index (χ2n) is 5.76. The number of anilines is 1. The van der Waals surface area contributed by atoms with E-state index in [4.69, 9.17) is 18.0 Å². The normalized spacial score (nSPS) is 11.0. The molecule has 24 heavy (non-hydrogen) atoms. The van der Waals surface area contributed by atoms with E-state index < -0.39 is 0 Å². The Morgan fingerprint density at radius 1 is 1.04 bits per heavy atom. The van der Waals surface area contributed by atoms with Crippen LogP contribution in [0.2, 0.25) is 0 Å². The Labute approximate surface area is 144 Å². The van der Waals surface area contributed by atoms with Gasteiger partial charge in [0.05, 0.1) is 5.69 Å². The van der Waals surface area contributed by atoms with Gasteiger partial charge in [0.15, 0.2) is 10.6 Å². The van der Waals surface area contributed by atoms with Gasteiger partial charge >= 0.3 is 0 Å². The van der Waals surface area contributed by atoms with Crippen LogP contribution in [-0.2, 0) is 0 Å². The molecule has 0 spiro atoms. The third kappa shape index (κ3) is 2.30. The van der Waals surface area contributed by atoms with E-state index in [2.05, 4.69) is 34.5 Å². The summed E-state index contributed by atoms with van der Waals surface area (Å²) in [5.41, 5.74) is 9.69. The molecular weight excluding hydrogens is 316 g/mol. The zero-order valence-corrected chi connectivity index (χ0v) is 14.0. The van der Waals surface area contributed by atoms with Crippen molar-refractivity contribution in [3.8, 4) is 17.1 Å². The molecule has 1 heterocycles. The van der Waals surface area contributed by atoms with Crippen LogP contribution in [-0.4, -0.2) is 14.8 Å². The minimum Gasteiger partial charge on any atom is -0.399 e. The molecule has 118 valence electrons. The third-order valence-electron chi connectivity index (χ3n) is 4.17. The molecule has 0 fully saturated rings. The van der Waals surface area contributed by atoms with Gasteiger partial charge in [0, 0.05) is 16.6 Å².